The van der Waals surface area contributed by atoms with Gasteiger partial charge < -0.3 is 14.5 Å². The van der Waals surface area contributed by atoms with Gasteiger partial charge in [-0.05, 0) is 26.0 Å². The van der Waals surface area contributed by atoms with Gasteiger partial charge in [0.1, 0.15) is 11.9 Å². The van der Waals surface area contributed by atoms with E-state index in [-0.39, 0.29) is 33.9 Å². The van der Waals surface area contributed by atoms with Gasteiger partial charge in [0.2, 0.25) is 5.88 Å². The number of alkyl halides is 3. The first kappa shape index (κ1) is 20.2. The quantitative estimate of drug-likeness (QED) is 0.662. The monoisotopic (exact) mass is 408 g/mol. The van der Waals surface area contributed by atoms with Crippen molar-refractivity contribution in [2.24, 2.45) is 0 Å². The number of hydrogen-bond acceptors (Lipinski definition) is 7. The van der Waals surface area contributed by atoms with E-state index < -0.39 is 29.5 Å². The van der Waals surface area contributed by atoms with E-state index in [2.05, 4.69) is 24.7 Å². The number of hydrogen-bond donors (Lipinski definition) is 1. The highest BCUT2D eigenvalue weighted by Crippen LogP contribution is 2.35. The Morgan fingerprint density at radius 3 is 2.55 bits per heavy atom. The number of halogens is 3. The van der Waals surface area contributed by atoms with Gasteiger partial charge in [0.05, 0.1) is 18.1 Å². The molecule has 152 valence electrons. The Hall–Kier alpha value is -3.50. The number of rotatable bonds is 4. The minimum Gasteiger partial charge on any atom is -0.470 e. The molecule has 3 aromatic rings. The number of methoxy groups -OCH3 is 1. The number of carbonyl (C=O) groups excluding carboxylic acids is 1. The van der Waals surface area contributed by atoms with Gasteiger partial charge in [0.25, 0.3) is 5.56 Å². The molecule has 0 unspecified atom stereocenters. The number of ether oxygens (including phenoxy) is 2. The molecule has 0 spiro atoms. The Kier molecular flexibility index (Phi) is 5.23. The zero-order chi connectivity index (χ0) is 21.3. The first-order valence-electron chi connectivity index (χ1n) is 8.30. The summed E-state index contributed by atoms with van der Waals surface area (Å²) in [4.78, 5) is 37.3. The predicted molar refractivity (Wildman–Crippen MR) is 94.5 cm³/mol. The van der Waals surface area contributed by atoms with E-state index in [9.17, 15) is 22.8 Å². The topological polar surface area (TPSA) is 107 Å². The second-order valence-corrected chi connectivity index (χ2v) is 6.08. The molecular weight excluding hydrogens is 393 g/mol. The molecular formula is C18H15F3N4O4. The number of H-pyrrole nitrogens is 1. The van der Waals surface area contributed by atoms with Crippen LogP contribution in [0.5, 0.6) is 5.88 Å². The van der Waals surface area contributed by atoms with Crippen LogP contribution in [0.15, 0.2) is 29.2 Å². The normalized spacial score (nSPS) is 12.6. The lowest BCUT2D eigenvalue weighted by atomic mass is 10.1. The van der Waals surface area contributed by atoms with Gasteiger partial charge in [-0.2, -0.15) is 13.2 Å². The molecule has 1 atom stereocenters. The summed E-state index contributed by atoms with van der Waals surface area (Å²) in [6.07, 6.45) is -4.77. The van der Waals surface area contributed by atoms with Gasteiger partial charge in [0, 0.05) is 17.8 Å². The maximum Gasteiger partial charge on any atom is 0.433 e. The van der Waals surface area contributed by atoms with Crippen molar-refractivity contribution in [2.45, 2.75) is 26.1 Å². The molecule has 0 fully saturated rings. The van der Waals surface area contributed by atoms with Crippen LogP contribution < -0.4 is 10.3 Å². The lowest BCUT2D eigenvalue weighted by Crippen LogP contribution is -2.19. The number of esters is 1. The lowest BCUT2D eigenvalue weighted by Gasteiger charge is -2.19. The highest BCUT2D eigenvalue weighted by atomic mass is 19.4. The van der Waals surface area contributed by atoms with Crippen molar-refractivity contribution in [3.63, 3.8) is 0 Å². The molecule has 29 heavy (non-hydrogen) atoms. The average molecular weight is 408 g/mol. The molecule has 8 nitrogen and oxygen atoms in total. The Balaban J connectivity index is 2.03. The number of nitrogens with zero attached hydrogens (tertiary/aromatic N) is 3. The summed E-state index contributed by atoms with van der Waals surface area (Å²) < 4.78 is 50.7. The van der Waals surface area contributed by atoms with Crippen LogP contribution in [0.1, 0.15) is 40.5 Å². The van der Waals surface area contributed by atoms with Crippen molar-refractivity contribution < 1.29 is 27.4 Å². The third-order valence-corrected chi connectivity index (χ3v) is 4.01. The van der Waals surface area contributed by atoms with Crippen molar-refractivity contribution >= 4 is 17.0 Å². The molecule has 0 saturated heterocycles. The van der Waals surface area contributed by atoms with Crippen LogP contribution in [0.25, 0.3) is 11.0 Å². The molecule has 3 heterocycles. The Morgan fingerprint density at radius 2 is 1.97 bits per heavy atom. The summed E-state index contributed by atoms with van der Waals surface area (Å²) in [6, 6.07) is 3.74. The molecule has 0 amide bonds. The minimum atomic E-state index is -4.79. The molecule has 11 heteroatoms. The van der Waals surface area contributed by atoms with Crippen LogP contribution in [-0.4, -0.2) is 33.0 Å². The number of aryl methyl sites for hydroxylation is 1. The first-order valence-corrected chi connectivity index (χ1v) is 8.30. The lowest BCUT2D eigenvalue weighted by molar-refractivity contribution is -0.142. The van der Waals surface area contributed by atoms with Crippen LogP contribution in [0, 0.1) is 6.92 Å². The number of fused-ring (bicyclic) bond motifs is 1. The standard InChI is InChI=1S/C18H15F3N4O4/c1-8(29-13-5-4-10(7-22-13)17(27)28-3)11-6-12-15(23-9(2)24-16(12)26)25-14(11)18(19,20)21/h4-8H,1-3H3,(H,23,24,25,26)/t8-/m0/s1. The highest BCUT2D eigenvalue weighted by Gasteiger charge is 2.38. The van der Waals surface area contributed by atoms with E-state index in [1.54, 1.807) is 0 Å². The number of nitrogens with one attached hydrogen (secondary N) is 1. The zero-order valence-electron chi connectivity index (χ0n) is 15.5. The minimum absolute atomic E-state index is 0.0192. The highest BCUT2D eigenvalue weighted by molar-refractivity contribution is 5.88. The van der Waals surface area contributed by atoms with Gasteiger partial charge in [0.15, 0.2) is 11.3 Å². The maximum absolute atomic E-state index is 13.6. The third kappa shape index (κ3) is 4.18. The van der Waals surface area contributed by atoms with Gasteiger partial charge >= 0.3 is 12.1 Å². The van der Waals surface area contributed by atoms with Gasteiger partial charge in [-0.1, -0.05) is 0 Å². The number of aromatic nitrogens is 4. The zero-order valence-corrected chi connectivity index (χ0v) is 15.5. The largest absolute Gasteiger partial charge is 0.470 e. The van der Waals surface area contributed by atoms with E-state index in [4.69, 9.17) is 4.74 Å². The van der Waals surface area contributed by atoms with Crippen LogP contribution in [0.3, 0.4) is 0 Å². The molecule has 0 bridgehead atoms. The van der Waals surface area contributed by atoms with E-state index in [0.29, 0.717) is 0 Å². The third-order valence-electron chi connectivity index (χ3n) is 4.01. The number of carbonyl (C=O) groups is 1. The maximum atomic E-state index is 13.6. The molecule has 0 saturated carbocycles. The van der Waals surface area contributed by atoms with Crippen LogP contribution in [0.2, 0.25) is 0 Å². The summed E-state index contributed by atoms with van der Waals surface area (Å²) in [5.74, 6) is -0.485. The first-order chi connectivity index (χ1) is 13.6. The van der Waals surface area contributed by atoms with Gasteiger partial charge in [-0.25, -0.2) is 19.7 Å². The van der Waals surface area contributed by atoms with E-state index in [1.807, 2.05) is 0 Å². The average Bonchev–Trinajstić information content (AvgIpc) is 2.66. The van der Waals surface area contributed by atoms with Crippen molar-refractivity contribution in [3.05, 3.63) is 57.4 Å². The molecule has 0 aromatic carbocycles. The molecule has 0 aliphatic carbocycles. The fraction of sp³-hybridized carbons (Fsp3) is 0.278. The molecule has 0 aliphatic rings. The van der Waals surface area contributed by atoms with E-state index in [0.717, 1.165) is 6.07 Å². The van der Waals surface area contributed by atoms with E-state index in [1.165, 1.54) is 39.3 Å². The van der Waals surface area contributed by atoms with Crippen molar-refractivity contribution in [2.75, 3.05) is 7.11 Å². The molecule has 0 aliphatic heterocycles. The summed E-state index contributed by atoms with van der Waals surface area (Å²) >= 11 is 0. The Morgan fingerprint density at radius 1 is 1.24 bits per heavy atom. The summed E-state index contributed by atoms with van der Waals surface area (Å²) in [6.45, 7) is 2.81. The number of aromatic amines is 1. The van der Waals surface area contributed by atoms with Gasteiger partial charge in [-0.3, -0.25) is 4.79 Å². The molecule has 3 aromatic heterocycles. The smallest absolute Gasteiger partial charge is 0.433 e. The molecule has 3 rings (SSSR count). The number of pyridine rings is 2. The van der Waals surface area contributed by atoms with Crippen LogP contribution >= 0.6 is 0 Å². The fourth-order valence-electron chi connectivity index (χ4n) is 2.66. The molecule has 0 radical (unpaired) electrons. The summed E-state index contributed by atoms with van der Waals surface area (Å²) in [7, 11) is 1.21. The van der Waals surface area contributed by atoms with Crippen molar-refractivity contribution in [1.29, 1.82) is 0 Å². The van der Waals surface area contributed by atoms with Crippen molar-refractivity contribution in [1.82, 2.24) is 19.9 Å². The van der Waals surface area contributed by atoms with Gasteiger partial charge in [-0.15, -0.1) is 0 Å². The SMILES string of the molecule is COC(=O)c1ccc(O[C@@H](C)c2cc3c(=O)[nH]c(C)nc3nc2C(F)(F)F)nc1. The van der Waals surface area contributed by atoms with E-state index >= 15 is 0 Å². The van der Waals surface area contributed by atoms with Crippen LogP contribution in [-0.2, 0) is 10.9 Å². The fourth-order valence-corrected chi connectivity index (χ4v) is 2.66. The Labute approximate surface area is 161 Å². The summed E-state index contributed by atoms with van der Waals surface area (Å²) in [5, 5.41) is -0.0944. The van der Waals surface area contributed by atoms with Crippen LogP contribution in [0.4, 0.5) is 13.2 Å². The molecule has 1 N–H and O–H groups in total. The Bertz CT molecular complexity index is 1130. The van der Waals surface area contributed by atoms with Crippen molar-refractivity contribution in [3.8, 4) is 5.88 Å². The second kappa shape index (κ2) is 7.49. The summed E-state index contributed by atoms with van der Waals surface area (Å²) in [5.41, 5.74) is -2.32. The second-order valence-electron chi connectivity index (χ2n) is 6.08. The predicted octanol–water partition coefficient (Wildman–Crippen LogP) is 2.97.